The number of allylic oxidation sites excluding steroid dienone is 1. The number of urea groups is 1. The molecule has 0 saturated heterocycles. The lowest BCUT2D eigenvalue weighted by Gasteiger charge is -2.33. The molecule has 0 spiro atoms. The highest BCUT2D eigenvalue weighted by Gasteiger charge is 2.33. The van der Waals surface area contributed by atoms with Gasteiger partial charge in [0.05, 0.1) is 44.2 Å². The summed E-state index contributed by atoms with van der Waals surface area (Å²) in [7, 11) is 3.09. The van der Waals surface area contributed by atoms with Gasteiger partial charge in [-0.3, -0.25) is 14.8 Å². The molecule has 1 aliphatic heterocycles. The third-order valence-electron chi connectivity index (χ3n) is 6.20. The fourth-order valence-corrected chi connectivity index (χ4v) is 4.55. The fraction of sp³-hybridized carbons (Fsp3) is 0.370. The summed E-state index contributed by atoms with van der Waals surface area (Å²) in [4.78, 5) is 26.7. The summed E-state index contributed by atoms with van der Waals surface area (Å²) in [6.07, 6.45) is 8.13. The van der Waals surface area contributed by atoms with E-state index in [1.807, 2.05) is 35.0 Å². The van der Waals surface area contributed by atoms with Crippen molar-refractivity contribution in [2.75, 3.05) is 30.6 Å². The minimum absolute atomic E-state index is 0.0721. The lowest BCUT2D eigenvalue weighted by Crippen LogP contribution is -2.44. The quantitative estimate of drug-likeness (QED) is 0.366. The maximum Gasteiger partial charge on any atom is 0.334 e. The molecule has 0 fully saturated rings. The molecular weight excluding hydrogens is 478 g/mol. The summed E-state index contributed by atoms with van der Waals surface area (Å²) in [5.74, 6) is 2.09. The van der Waals surface area contributed by atoms with Crippen molar-refractivity contribution in [3.63, 3.8) is 0 Å². The molecular formula is C27H32ClN5O3. The number of ether oxygens (including phenoxy) is 2. The van der Waals surface area contributed by atoms with Crippen LogP contribution in [0.15, 0.2) is 55.1 Å². The molecule has 190 valence electrons. The second-order valence-electron chi connectivity index (χ2n) is 9.15. The van der Waals surface area contributed by atoms with Crippen molar-refractivity contribution < 1.29 is 14.3 Å². The topological polar surface area (TPSA) is 72.7 Å². The molecule has 8 nitrogen and oxygen atoms in total. The van der Waals surface area contributed by atoms with Crippen molar-refractivity contribution in [3.8, 4) is 11.5 Å². The molecule has 1 unspecified atom stereocenters. The second kappa shape index (κ2) is 11.0. The number of aromatic nitrogens is 3. The maximum atomic E-state index is 14.2. The first kappa shape index (κ1) is 25.6. The van der Waals surface area contributed by atoms with E-state index in [0.717, 1.165) is 23.6 Å². The van der Waals surface area contributed by atoms with Crippen molar-refractivity contribution in [1.29, 1.82) is 0 Å². The zero-order valence-corrected chi connectivity index (χ0v) is 22.1. The SMILES string of the molecule is COc1ccc(N(CCC(C)C)C(=O)N2C=CC(C)c3ncn(Cc4ccccn4)c32)c(Cl)c1OC. The molecule has 36 heavy (non-hydrogen) atoms. The van der Waals surface area contributed by atoms with Gasteiger partial charge in [0.1, 0.15) is 10.8 Å². The van der Waals surface area contributed by atoms with E-state index in [1.54, 1.807) is 41.6 Å². The highest BCUT2D eigenvalue weighted by Crippen LogP contribution is 2.43. The first-order valence-corrected chi connectivity index (χ1v) is 12.4. The van der Waals surface area contributed by atoms with E-state index in [0.29, 0.717) is 41.2 Å². The number of pyridine rings is 1. The van der Waals surface area contributed by atoms with Gasteiger partial charge in [-0.1, -0.05) is 44.5 Å². The highest BCUT2D eigenvalue weighted by molar-refractivity contribution is 6.35. The van der Waals surface area contributed by atoms with Crippen molar-refractivity contribution in [2.45, 2.75) is 39.7 Å². The van der Waals surface area contributed by atoms with E-state index in [1.165, 1.54) is 7.11 Å². The van der Waals surface area contributed by atoms with Gasteiger partial charge in [-0.05, 0) is 36.6 Å². The van der Waals surface area contributed by atoms with E-state index in [4.69, 9.17) is 21.1 Å². The number of hydrogen-bond acceptors (Lipinski definition) is 5. The molecule has 0 N–H and O–H groups in total. The van der Waals surface area contributed by atoms with E-state index in [2.05, 4.69) is 30.7 Å². The molecule has 4 rings (SSSR count). The number of carbonyl (C=O) groups excluding carboxylic acids is 1. The normalized spacial score (nSPS) is 14.6. The highest BCUT2D eigenvalue weighted by atomic mass is 35.5. The Bertz CT molecular complexity index is 1240. The molecule has 1 aromatic carbocycles. The van der Waals surface area contributed by atoms with Crippen molar-refractivity contribution >= 4 is 29.1 Å². The number of nitrogens with zero attached hydrogens (tertiary/aromatic N) is 5. The van der Waals surface area contributed by atoms with E-state index in [-0.39, 0.29) is 11.9 Å². The summed E-state index contributed by atoms with van der Waals surface area (Å²) in [5.41, 5.74) is 2.28. The van der Waals surface area contributed by atoms with E-state index >= 15 is 0 Å². The molecule has 9 heteroatoms. The first-order chi connectivity index (χ1) is 17.3. The van der Waals surface area contributed by atoms with Gasteiger partial charge in [0.15, 0.2) is 11.5 Å². The lowest BCUT2D eigenvalue weighted by molar-refractivity contribution is 0.252. The van der Waals surface area contributed by atoms with Crippen LogP contribution >= 0.6 is 11.6 Å². The molecule has 0 bridgehead atoms. The van der Waals surface area contributed by atoms with Gasteiger partial charge in [0, 0.05) is 24.9 Å². The Morgan fingerprint density at radius 2 is 1.97 bits per heavy atom. The third-order valence-corrected chi connectivity index (χ3v) is 6.57. The van der Waals surface area contributed by atoms with Gasteiger partial charge in [0.2, 0.25) is 0 Å². The van der Waals surface area contributed by atoms with Crippen LogP contribution in [0.4, 0.5) is 16.3 Å². The zero-order chi connectivity index (χ0) is 25.8. The zero-order valence-electron chi connectivity index (χ0n) is 21.3. The molecule has 0 aliphatic carbocycles. The van der Waals surface area contributed by atoms with Crippen LogP contribution < -0.4 is 19.3 Å². The summed E-state index contributed by atoms with van der Waals surface area (Å²) < 4.78 is 12.9. The number of fused-ring (bicyclic) bond motifs is 1. The van der Waals surface area contributed by atoms with Gasteiger partial charge >= 0.3 is 6.03 Å². The molecule has 3 aromatic rings. The molecule has 2 aromatic heterocycles. The summed E-state index contributed by atoms with van der Waals surface area (Å²) >= 11 is 6.77. The van der Waals surface area contributed by atoms with Crippen molar-refractivity contribution in [1.82, 2.24) is 14.5 Å². The number of rotatable bonds is 8. The average molecular weight is 510 g/mol. The number of hydrogen-bond donors (Lipinski definition) is 0. The van der Waals surface area contributed by atoms with Crippen LogP contribution in [0.3, 0.4) is 0 Å². The predicted molar refractivity (Wildman–Crippen MR) is 142 cm³/mol. The number of imidazole rings is 1. The average Bonchev–Trinajstić information content (AvgIpc) is 3.29. The summed E-state index contributed by atoms with van der Waals surface area (Å²) in [6, 6.07) is 9.12. The number of amides is 2. The summed E-state index contributed by atoms with van der Waals surface area (Å²) in [6.45, 7) is 7.30. The maximum absolute atomic E-state index is 14.2. The number of anilines is 2. The monoisotopic (exact) mass is 509 g/mol. The van der Waals surface area contributed by atoms with Crippen LogP contribution in [0.1, 0.15) is 44.5 Å². The molecule has 1 atom stereocenters. The summed E-state index contributed by atoms with van der Waals surface area (Å²) in [5, 5.41) is 0.325. The van der Waals surface area contributed by atoms with Crippen LogP contribution in [0, 0.1) is 5.92 Å². The van der Waals surface area contributed by atoms with E-state index < -0.39 is 0 Å². The Kier molecular flexibility index (Phi) is 7.84. The molecule has 3 heterocycles. The van der Waals surface area contributed by atoms with Crippen LogP contribution in [0.5, 0.6) is 11.5 Å². The van der Waals surface area contributed by atoms with Crippen LogP contribution in [-0.4, -0.2) is 41.3 Å². The van der Waals surface area contributed by atoms with Gasteiger partial charge in [-0.25, -0.2) is 9.78 Å². The fourth-order valence-electron chi connectivity index (χ4n) is 4.21. The van der Waals surface area contributed by atoms with Gasteiger partial charge < -0.3 is 14.0 Å². The lowest BCUT2D eigenvalue weighted by atomic mass is 10.1. The molecule has 1 aliphatic rings. The van der Waals surface area contributed by atoms with Crippen LogP contribution in [0.25, 0.3) is 0 Å². The number of carbonyl (C=O) groups is 1. The molecule has 2 amide bonds. The Labute approximate surface area is 217 Å². The van der Waals surface area contributed by atoms with Crippen LogP contribution in [-0.2, 0) is 6.54 Å². The number of methoxy groups -OCH3 is 2. The predicted octanol–water partition coefficient (Wildman–Crippen LogP) is 6.11. The Morgan fingerprint density at radius 1 is 1.17 bits per heavy atom. The number of halogens is 1. The standard InChI is InChI=1S/C27H32ClN5O3/c1-18(2)11-14-32(21-9-10-22(35-4)25(36-5)23(21)28)27(34)33-15-12-19(3)24-26(33)31(17-30-24)16-20-8-6-7-13-29-20/h6-10,12-13,15,17-19H,11,14,16H2,1-5H3. The van der Waals surface area contributed by atoms with Crippen molar-refractivity contribution in [3.05, 3.63) is 71.5 Å². The third kappa shape index (κ3) is 5.04. The minimum Gasteiger partial charge on any atom is -0.493 e. The Balaban J connectivity index is 1.76. The largest absolute Gasteiger partial charge is 0.493 e. The smallest absolute Gasteiger partial charge is 0.334 e. The number of benzene rings is 1. The minimum atomic E-state index is -0.225. The molecule has 0 radical (unpaired) electrons. The van der Waals surface area contributed by atoms with Gasteiger partial charge in [-0.2, -0.15) is 0 Å². The second-order valence-corrected chi connectivity index (χ2v) is 9.53. The van der Waals surface area contributed by atoms with Crippen molar-refractivity contribution in [2.24, 2.45) is 5.92 Å². The van der Waals surface area contributed by atoms with E-state index in [9.17, 15) is 4.79 Å². The Hall–Kier alpha value is -3.52. The first-order valence-electron chi connectivity index (χ1n) is 12.0. The van der Waals surface area contributed by atoms with Crippen LogP contribution in [0.2, 0.25) is 5.02 Å². The molecule has 0 saturated carbocycles. The van der Waals surface area contributed by atoms with Gasteiger partial charge in [0.25, 0.3) is 0 Å². The Morgan fingerprint density at radius 3 is 2.64 bits per heavy atom. The van der Waals surface area contributed by atoms with Gasteiger partial charge in [-0.15, -0.1) is 0 Å².